The first-order valence-electron chi connectivity index (χ1n) is 6.45. The van der Waals surface area contributed by atoms with E-state index < -0.39 is 0 Å². The average Bonchev–Trinajstić information content (AvgIpc) is 2.73. The van der Waals surface area contributed by atoms with Crippen molar-refractivity contribution < 1.29 is 0 Å². The summed E-state index contributed by atoms with van der Waals surface area (Å²) >= 11 is 0. The second-order valence-electron chi connectivity index (χ2n) is 5.10. The number of nitrogens with one attached hydrogen (secondary N) is 1. The summed E-state index contributed by atoms with van der Waals surface area (Å²) in [6, 6.07) is 1.55. The molecule has 2 saturated heterocycles. The molecule has 2 atom stereocenters. The highest BCUT2D eigenvalue weighted by Crippen LogP contribution is 2.13. The van der Waals surface area contributed by atoms with Crippen molar-refractivity contribution in [3.05, 3.63) is 0 Å². The van der Waals surface area contributed by atoms with Gasteiger partial charge in [0, 0.05) is 38.3 Å². The number of hydrogen-bond donors (Lipinski definition) is 1. The van der Waals surface area contributed by atoms with Gasteiger partial charge in [-0.2, -0.15) is 0 Å². The van der Waals surface area contributed by atoms with Crippen LogP contribution in [0.3, 0.4) is 0 Å². The summed E-state index contributed by atoms with van der Waals surface area (Å²) in [5.41, 5.74) is 0. The smallest absolute Gasteiger partial charge is 0.0218 e. The van der Waals surface area contributed by atoms with Gasteiger partial charge in [0.25, 0.3) is 0 Å². The molecule has 2 heterocycles. The standard InChI is InChI=1S/C12H25N3/c1-3-12-10-15(8-7-14(12)2)9-11-5-4-6-13-11/h11-13H,3-10H2,1-2H3/t11-,12?/m0/s1. The fourth-order valence-corrected chi connectivity index (χ4v) is 2.84. The SMILES string of the molecule is CCC1CN(C[C@@H]2CCCN2)CCN1C. The first-order valence-corrected chi connectivity index (χ1v) is 6.45. The second kappa shape index (κ2) is 5.28. The highest BCUT2D eigenvalue weighted by molar-refractivity contribution is 4.84. The van der Waals surface area contributed by atoms with Gasteiger partial charge in [0.15, 0.2) is 0 Å². The fraction of sp³-hybridized carbons (Fsp3) is 1.00. The molecule has 0 radical (unpaired) electrons. The molecule has 0 aromatic carbocycles. The van der Waals surface area contributed by atoms with Crippen LogP contribution in [0.25, 0.3) is 0 Å². The maximum atomic E-state index is 3.59. The molecule has 3 nitrogen and oxygen atoms in total. The number of piperazine rings is 1. The van der Waals surface area contributed by atoms with Crippen molar-refractivity contribution in [2.45, 2.75) is 38.3 Å². The Morgan fingerprint density at radius 3 is 2.87 bits per heavy atom. The average molecular weight is 211 g/mol. The van der Waals surface area contributed by atoms with Crippen LogP contribution in [0.5, 0.6) is 0 Å². The van der Waals surface area contributed by atoms with Crippen LogP contribution in [0.15, 0.2) is 0 Å². The molecule has 0 aromatic rings. The van der Waals surface area contributed by atoms with Crippen LogP contribution >= 0.6 is 0 Å². The van der Waals surface area contributed by atoms with E-state index in [0.29, 0.717) is 0 Å². The lowest BCUT2D eigenvalue weighted by Crippen LogP contribution is -2.53. The van der Waals surface area contributed by atoms with E-state index in [-0.39, 0.29) is 0 Å². The zero-order chi connectivity index (χ0) is 10.7. The Kier molecular flexibility index (Phi) is 4.00. The Hall–Kier alpha value is -0.120. The zero-order valence-electron chi connectivity index (χ0n) is 10.2. The molecule has 2 fully saturated rings. The van der Waals surface area contributed by atoms with Crippen molar-refractivity contribution in [2.24, 2.45) is 0 Å². The second-order valence-corrected chi connectivity index (χ2v) is 5.10. The van der Waals surface area contributed by atoms with Gasteiger partial charge in [0.1, 0.15) is 0 Å². The van der Waals surface area contributed by atoms with E-state index in [1.807, 2.05) is 0 Å². The van der Waals surface area contributed by atoms with Crippen molar-refractivity contribution in [1.82, 2.24) is 15.1 Å². The summed E-state index contributed by atoms with van der Waals surface area (Å²) < 4.78 is 0. The summed E-state index contributed by atoms with van der Waals surface area (Å²) in [6.07, 6.45) is 4.03. The van der Waals surface area contributed by atoms with Gasteiger partial charge in [-0.25, -0.2) is 0 Å². The number of nitrogens with zero attached hydrogens (tertiary/aromatic N) is 2. The van der Waals surface area contributed by atoms with Gasteiger partial charge in [0.05, 0.1) is 0 Å². The van der Waals surface area contributed by atoms with Gasteiger partial charge in [-0.3, -0.25) is 4.90 Å². The third-order valence-electron chi connectivity index (χ3n) is 3.97. The predicted molar refractivity (Wildman–Crippen MR) is 64.2 cm³/mol. The number of rotatable bonds is 3. The molecule has 15 heavy (non-hydrogen) atoms. The molecule has 88 valence electrons. The van der Waals surface area contributed by atoms with Gasteiger partial charge in [-0.15, -0.1) is 0 Å². The van der Waals surface area contributed by atoms with E-state index in [0.717, 1.165) is 12.1 Å². The molecule has 0 spiro atoms. The summed E-state index contributed by atoms with van der Waals surface area (Å²) in [5.74, 6) is 0. The Labute approximate surface area is 93.8 Å². The molecule has 1 N–H and O–H groups in total. The molecule has 0 aliphatic carbocycles. The van der Waals surface area contributed by atoms with E-state index in [9.17, 15) is 0 Å². The van der Waals surface area contributed by atoms with Crippen LogP contribution in [0.1, 0.15) is 26.2 Å². The van der Waals surface area contributed by atoms with Gasteiger partial charge in [-0.1, -0.05) is 6.92 Å². The van der Waals surface area contributed by atoms with Gasteiger partial charge >= 0.3 is 0 Å². The third-order valence-corrected chi connectivity index (χ3v) is 3.97. The molecular formula is C12H25N3. The van der Waals surface area contributed by atoms with Gasteiger partial charge in [-0.05, 0) is 32.9 Å². The van der Waals surface area contributed by atoms with E-state index in [4.69, 9.17) is 0 Å². The first kappa shape index (κ1) is 11.4. The van der Waals surface area contributed by atoms with Crippen molar-refractivity contribution in [3.63, 3.8) is 0 Å². The third kappa shape index (κ3) is 2.92. The Balaban J connectivity index is 1.78. The molecule has 3 heteroatoms. The van der Waals surface area contributed by atoms with Crippen LogP contribution in [0, 0.1) is 0 Å². The van der Waals surface area contributed by atoms with E-state index in [2.05, 4.69) is 29.1 Å². The van der Waals surface area contributed by atoms with Crippen molar-refractivity contribution in [3.8, 4) is 0 Å². The Morgan fingerprint density at radius 2 is 2.20 bits per heavy atom. The fourth-order valence-electron chi connectivity index (χ4n) is 2.84. The van der Waals surface area contributed by atoms with Gasteiger partial charge in [0.2, 0.25) is 0 Å². The monoisotopic (exact) mass is 211 g/mol. The molecule has 2 aliphatic heterocycles. The largest absolute Gasteiger partial charge is 0.313 e. The lowest BCUT2D eigenvalue weighted by Gasteiger charge is -2.40. The van der Waals surface area contributed by atoms with Gasteiger partial charge < -0.3 is 10.2 Å². The minimum atomic E-state index is 0.769. The lowest BCUT2D eigenvalue weighted by atomic mass is 10.1. The minimum Gasteiger partial charge on any atom is -0.313 e. The highest BCUT2D eigenvalue weighted by atomic mass is 15.3. The quantitative estimate of drug-likeness (QED) is 0.744. The zero-order valence-corrected chi connectivity index (χ0v) is 10.2. The molecule has 0 aromatic heterocycles. The molecule has 0 saturated carbocycles. The first-order chi connectivity index (χ1) is 7.29. The van der Waals surface area contributed by atoms with E-state index in [1.165, 1.54) is 52.0 Å². The van der Waals surface area contributed by atoms with Crippen LogP contribution in [0.4, 0.5) is 0 Å². The maximum absolute atomic E-state index is 3.59. The molecule has 2 rings (SSSR count). The number of likely N-dealkylation sites (N-methyl/N-ethyl adjacent to an activating group) is 1. The molecule has 1 unspecified atom stereocenters. The van der Waals surface area contributed by atoms with E-state index in [1.54, 1.807) is 0 Å². The topological polar surface area (TPSA) is 18.5 Å². The number of hydrogen-bond acceptors (Lipinski definition) is 3. The van der Waals surface area contributed by atoms with E-state index >= 15 is 0 Å². The lowest BCUT2D eigenvalue weighted by molar-refractivity contribution is 0.0875. The summed E-state index contributed by atoms with van der Waals surface area (Å²) in [6.45, 7) is 8.57. The molecule has 2 aliphatic rings. The molecule has 0 amide bonds. The Morgan fingerprint density at radius 1 is 1.33 bits per heavy atom. The summed E-state index contributed by atoms with van der Waals surface area (Å²) in [4.78, 5) is 5.16. The molecule has 0 bridgehead atoms. The summed E-state index contributed by atoms with van der Waals surface area (Å²) in [5, 5.41) is 3.59. The van der Waals surface area contributed by atoms with Crippen molar-refractivity contribution in [2.75, 3.05) is 39.8 Å². The maximum Gasteiger partial charge on any atom is 0.0218 e. The Bertz CT molecular complexity index is 187. The van der Waals surface area contributed by atoms with Crippen LogP contribution in [-0.4, -0.2) is 61.7 Å². The van der Waals surface area contributed by atoms with Crippen molar-refractivity contribution in [1.29, 1.82) is 0 Å². The molecular weight excluding hydrogens is 186 g/mol. The van der Waals surface area contributed by atoms with Crippen LogP contribution in [-0.2, 0) is 0 Å². The normalized spacial score (nSPS) is 34.8. The predicted octanol–water partition coefficient (Wildman–Crippen LogP) is 0.764. The highest BCUT2D eigenvalue weighted by Gasteiger charge is 2.25. The van der Waals surface area contributed by atoms with Crippen LogP contribution < -0.4 is 5.32 Å². The van der Waals surface area contributed by atoms with Crippen molar-refractivity contribution >= 4 is 0 Å². The van der Waals surface area contributed by atoms with Crippen LogP contribution in [0.2, 0.25) is 0 Å². The minimum absolute atomic E-state index is 0.769. The summed E-state index contributed by atoms with van der Waals surface area (Å²) in [7, 11) is 2.26.